The molecule has 1 amide bonds. The Kier molecular flexibility index (Phi) is 5.61. The predicted octanol–water partition coefficient (Wildman–Crippen LogP) is 1.84. The van der Waals surface area contributed by atoms with Crippen molar-refractivity contribution < 1.29 is 14.3 Å². The molecule has 6 heteroatoms. The zero-order chi connectivity index (χ0) is 15.4. The highest BCUT2D eigenvalue weighted by Gasteiger charge is 2.24. The van der Waals surface area contributed by atoms with Crippen LogP contribution in [0.3, 0.4) is 0 Å². The van der Waals surface area contributed by atoms with Crippen LogP contribution < -0.4 is 10.5 Å². The number of halogens is 1. The number of nitrogens with two attached hydrogens (primary N) is 1. The van der Waals surface area contributed by atoms with Gasteiger partial charge in [0.25, 0.3) is 5.91 Å². The third kappa shape index (κ3) is 3.96. The van der Waals surface area contributed by atoms with E-state index in [1.807, 2.05) is 19.1 Å². The second-order valence-electron chi connectivity index (χ2n) is 5.11. The minimum absolute atomic E-state index is 0.0106. The lowest BCUT2D eigenvalue weighted by molar-refractivity contribution is -0.142. The summed E-state index contributed by atoms with van der Waals surface area (Å²) < 4.78 is 12.1. The SMILES string of the molecule is Cc1cc(Br)cc(CN)c1OC(C)C(=O)N1CCOCC1. The number of nitrogens with zero attached hydrogens (tertiary/aromatic N) is 1. The van der Waals surface area contributed by atoms with Crippen molar-refractivity contribution in [3.63, 3.8) is 0 Å². The maximum absolute atomic E-state index is 12.4. The van der Waals surface area contributed by atoms with Crippen LogP contribution in [0, 0.1) is 6.92 Å². The van der Waals surface area contributed by atoms with E-state index in [1.54, 1.807) is 11.8 Å². The molecule has 0 saturated carbocycles. The Bertz CT molecular complexity index is 516. The van der Waals surface area contributed by atoms with Gasteiger partial charge in [0.2, 0.25) is 0 Å². The van der Waals surface area contributed by atoms with Gasteiger partial charge in [0.1, 0.15) is 5.75 Å². The molecule has 0 aliphatic carbocycles. The monoisotopic (exact) mass is 356 g/mol. The van der Waals surface area contributed by atoms with E-state index in [4.69, 9.17) is 15.2 Å². The fourth-order valence-electron chi connectivity index (χ4n) is 2.39. The number of rotatable bonds is 4. The highest BCUT2D eigenvalue weighted by atomic mass is 79.9. The van der Waals surface area contributed by atoms with Gasteiger partial charge in [0, 0.05) is 29.7 Å². The summed E-state index contributed by atoms with van der Waals surface area (Å²) in [6, 6.07) is 3.88. The summed E-state index contributed by atoms with van der Waals surface area (Å²) in [6.45, 7) is 6.51. The summed E-state index contributed by atoms with van der Waals surface area (Å²) in [7, 11) is 0. The first kappa shape index (κ1) is 16.3. The summed E-state index contributed by atoms with van der Waals surface area (Å²) >= 11 is 3.45. The highest BCUT2D eigenvalue weighted by molar-refractivity contribution is 9.10. The smallest absolute Gasteiger partial charge is 0.263 e. The number of hydrogen-bond acceptors (Lipinski definition) is 4. The zero-order valence-electron chi connectivity index (χ0n) is 12.4. The molecule has 0 radical (unpaired) electrons. The van der Waals surface area contributed by atoms with Crippen LogP contribution in [0.2, 0.25) is 0 Å². The molecular formula is C15H21BrN2O3. The summed E-state index contributed by atoms with van der Waals surface area (Å²) in [6.07, 6.45) is -0.534. The van der Waals surface area contributed by atoms with Gasteiger partial charge in [-0.1, -0.05) is 15.9 Å². The molecule has 1 atom stereocenters. The van der Waals surface area contributed by atoms with Crippen molar-refractivity contribution in [2.45, 2.75) is 26.5 Å². The standard InChI is InChI=1S/C15H21BrN2O3/c1-10-7-13(16)8-12(9-17)14(10)21-11(2)15(19)18-3-5-20-6-4-18/h7-8,11H,3-6,9,17H2,1-2H3. The minimum atomic E-state index is -0.534. The molecular weight excluding hydrogens is 336 g/mol. The van der Waals surface area contributed by atoms with Gasteiger partial charge in [0.05, 0.1) is 13.2 Å². The lowest BCUT2D eigenvalue weighted by atomic mass is 10.1. The summed E-state index contributed by atoms with van der Waals surface area (Å²) in [5.74, 6) is 0.693. The molecule has 1 saturated heterocycles. The van der Waals surface area contributed by atoms with Gasteiger partial charge in [-0.2, -0.15) is 0 Å². The molecule has 1 fully saturated rings. The molecule has 2 rings (SSSR count). The van der Waals surface area contributed by atoms with Crippen LogP contribution in [0.1, 0.15) is 18.1 Å². The molecule has 1 heterocycles. The van der Waals surface area contributed by atoms with Gasteiger partial charge in [-0.15, -0.1) is 0 Å². The largest absolute Gasteiger partial charge is 0.480 e. The van der Waals surface area contributed by atoms with E-state index in [-0.39, 0.29) is 5.91 Å². The Morgan fingerprint density at radius 1 is 1.48 bits per heavy atom. The first-order valence-electron chi connectivity index (χ1n) is 7.05. The quantitative estimate of drug-likeness (QED) is 0.893. The van der Waals surface area contributed by atoms with Crippen molar-refractivity contribution >= 4 is 21.8 Å². The third-order valence-electron chi connectivity index (χ3n) is 3.50. The minimum Gasteiger partial charge on any atom is -0.480 e. The number of carbonyl (C=O) groups excluding carboxylic acids is 1. The molecule has 1 aromatic rings. The summed E-state index contributed by atoms with van der Waals surface area (Å²) in [5.41, 5.74) is 7.63. The van der Waals surface area contributed by atoms with Crippen molar-refractivity contribution in [2.75, 3.05) is 26.3 Å². The molecule has 2 N–H and O–H groups in total. The molecule has 1 aliphatic rings. The van der Waals surface area contributed by atoms with Crippen LogP contribution in [-0.4, -0.2) is 43.2 Å². The van der Waals surface area contributed by atoms with Crippen LogP contribution in [-0.2, 0) is 16.1 Å². The lowest BCUT2D eigenvalue weighted by Crippen LogP contribution is -2.46. The van der Waals surface area contributed by atoms with Crippen molar-refractivity contribution in [1.29, 1.82) is 0 Å². The Balaban J connectivity index is 2.11. The number of aryl methyl sites for hydroxylation is 1. The number of carbonyl (C=O) groups is 1. The van der Waals surface area contributed by atoms with Crippen LogP contribution >= 0.6 is 15.9 Å². The summed E-state index contributed by atoms with van der Waals surface area (Å²) in [4.78, 5) is 14.2. The Labute approximate surface area is 133 Å². The van der Waals surface area contributed by atoms with Gasteiger partial charge in [-0.05, 0) is 31.5 Å². The zero-order valence-corrected chi connectivity index (χ0v) is 14.0. The molecule has 5 nitrogen and oxygen atoms in total. The maximum Gasteiger partial charge on any atom is 0.263 e. The van der Waals surface area contributed by atoms with E-state index in [1.165, 1.54) is 0 Å². The van der Waals surface area contributed by atoms with E-state index >= 15 is 0 Å². The fraction of sp³-hybridized carbons (Fsp3) is 0.533. The van der Waals surface area contributed by atoms with Crippen LogP contribution in [0.5, 0.6) is 5.75 Å². The van der Waals surface area contributed by atoms with Gasteiger partial charge in [-0.3, -0.25) is 4.79 Å². The first-order chi connectivity index (χ1) is 10.0. The first-order valence-corrected chi connectivity index (χ1v) is 7.84. The highest BCUT2D eigenvalue weighted by Crippen LogP contribution is 2.29. The molecule has 0 bridgehead atoms. The van der Waals surface area contributed by atoms with Crippen LogP contribution in [0.4, 0.5) is 0 Å². The third-order valence-corrected chi connectivity index (χ3v) is 3.96. The van der Waals surface area contributed by atoms with Crippen LogP contribution in [0.25, 0.3) is 0 Å². The van der Waals surface area contributed by atoms with Gasteiger partial charge < -0.3 is 20.1 Å². The fourth-order valence-corrected chi connectivity index (χ4v) is 3.01. The molecule has 1 aliphatic heterocycles. The van der Waals surface area contributed by atoms with E-state index in [2.05, 4.69) is 15.9 Å². The normalized spacial score (nSPS) is 16.7. The molecule has 21 heavy (non-hydrogen) atoms. The van der Waals surface area contributed by atoms with Gasteiger partial charge in [0.15, 0.2) is 6.10 Å². The Morgan fingerprint density at radius 3 is 2.76 bits per heavy atom. The topological polar surface area (TPSA) is 64.8 Å². The van der Waals surface area contributed by atoms with Crippen molar-refractivity contribution in [1.82, 2.24) is 4.90 Å². The Hall–Kier alpha value is -1.11. The Morgan fingerprint density at radius 2 is 2.14 bits per heavy atom. The lowest BCUT2D eigenvalue weighted by Gasteiger charge is -2.29. The maximum atomic E-state index is 12.4. The van der Waals surface area contributed by atoms with Crippen molar-refractivity contribution in [3.8, 4) is 5.75 Å². The number of hydrogen-bond donors (Lipinski definition) is 1. The number of morpholine rings is 1. The van der Waals surface area contributed by atoms with Crippen molar-refractivity contribution in [2.24, 2.45) is 5.73 Å². The van der Waals surface area contributed by atoms with E-state index < -0.39 is 6.10 Å². The van der Waals surface area contributed by atoms with Crippen LogP contribution in [0.15, 0.2) is 16.6 Å². The molecule has 0 aromatic heterocycles. The average molecular weight is 357 g/mol. The van der Waals surface area contributed by atoms with E-state index in [0.29, 0.717) is 38.6 Å². The van der Waals surface area contributed by atoms with E-state index in [9.17, 15) is 4.79 Å². The number of benzene rings is 1. The predicted molar refractivity (Wildman–Crippen MR) is 84.3 cm³/mol. The van der Waals surface area contributed by atoms with Crippen molar-refractivity contribution in [3.05, 3.63) is 27.7 Å². The number of amides is 1. The van der Waals surface area contributed by atoms with Gasteiger partial charge >= 0.3 is 0 Å². The van der Waals surface area contributed by atoms with E-state index in [0.717, 1.165) is 15.6 Å². The molecule has 116 valence electrons. The number of ether oxygens (including phenoxy) is 2. The molecule has 1 aromatic carbocycles. The van der Waals surface area contributed by atoms with Gasteiger partial charge in [-0.25, -0.2) is 0 Å². The average Bonchev–Trinajstić information content (AvgIpc) is 2.49. The second-order valence-corrected chi connectivity index (χ2v) is 6.03. The second kappa shape index (κ2) is 7.24. The molecule has 1 unspecified atom stereocenters. The summed E-state index contributed by atoms with van der Waals surface area (Å²) in [5, 5.41) is 0. The molecule has 0 spiro atoms.